The quantitative estimate of drug-likeness (QED) is 0.787. The number of ether oxygens (including phenoxy) is 1. The van der Waals surface area contributed by atoms with Crippen molar-refractivity contribution in [3.63, 3.8) is 0 Å². The first kappa shape index (κ1) is 11.4. The van der Waals surface area contributed by atoms with Gasteiger partial charge in [-0.1, -0.05) is 0 Å². The molecule has 3 rings (SSSR count). The number of aromatic nitrogens is 2. The van der Waals surface area contributed by atoms with Gasteiger partial charge in [0.15, 0.2) is 5.82 Å². The van der Waals surface area contributed by atoms with Gasteiger partial charge < -0.3 is 4.74 Å². The first-order valence-electron chi connectivity index (χ1n) is 6.22. The molecule has 2 saturated heterocycles. The Balaban J connectivity index is 1.78. The maximum Gasteiger partial charge on any atom is 0.415 e. The number of cyclic esters (lactones) is 1. The molecule has 1 atom stereocenters. The number of carbonyl (C=O) groups is 1. The van der Waals surface area contributed by atoms with E-state index < -0.39 is 0 Å². The van der Waals surface area contributed by atoms with E-state index in [0.29, 0.717) is 25.0 Å². The summed E-state index contributed by atoms with van der Waals surface area (Å²) >= 11 is 0. The van der Waals surface area contributed by atoms with Crippen molar-refractivity contribution in [2.75, 3.05) is 31.6 Å². The molecular weight excluding hydrogens is 232 g/mol. The summed E-state index contributed by atoms with van der Waals surface area (Å²) in [5, 5.41) is 0. The van der Waals surface area contributed by atoms with Crippen LogP contribution in [-0.2, 0) is 4.74 Å². The van der Waals surface area contributed by atoms with E-state index in [-0.39, 0.29) is 6.09 Å². The Bertz CT molecular complexity index is 448. The molecule has 0 unspecified atom stereocenters. The Morgan fingerprint density at radius 2 is 2.22 bits per heavy atom. The highest BCUT2D eigenvalue weighted by Crippen LogP contribution is 2.29. The summed E-state index contributed by atoms with van der Waals surface area (Å²) in [4.78, 5) is 24.0. The molecule has 2 fully saturated rings. The molecule has 0 bridgehead atoms. The molecule has 0 aliphatic carbocycles. The third-order valence-corrected chi connectivity index (χ3v) is 3.56. The SMILES string of the molecule is CN1CCC[C@H]1c1cnc(N2CCOC2=O)cn1. The molecule has 6 heteroatoms. The summed E-state index contributed by atoms with van der Waals surface area (Å²) in [6.45, 7) is 2.08. The van der Waals surface area contributed by atoms with Gasteiger partial charge in [-0.15, -0.1) is 0 Å². The third-order valence-electron chi connectivity index (χ3n) is 3.56. The first-order chi connectivity index (χ1) is 8.75. The van der Waals surface area contributed by atoms with Crippen molar-refractivity contribution >= 4 is 11.9 Å². The minimum Gasteiger partial charge on any atom is -0.447 e. The van der Waals surface area contributed by atoms with Crippen LogP contribution in [0.2, 0.25) is 0 Å². The van der Waals surface area contributed by atoms with Crippen LogP contribution >= 0.6 is 0 Å². The number of hydrogen-bond acceptors (Lipinski definition) is 5. The maximum atomic E-state index is 11.4. The summed E-state index contributed by atoms with van der Waals surface area (Å²) in [5.74, 6) is 0.571. The van der Waals surface area contributed by atoms with Gasteiger partial charge in [0.2, 0.25) is 0 Å². The van der Waals surface area contributed by atoms with Crippen LogP contribution in [-0.4, -0.2) is 47.7 Å². The summed E-state index contributed by atoms with van der Waals surface area (Å²) in [5.41, 5.74) is 0.978. The Morgan fingerprint density at radius 3 is 2.78 bits per heavy atom. The molecule has 0 radical (unpaired) electrons. The largest absolute Gasteiger partial charge is 0.447 e. The zero-order chi connectivity index (χ0) is 12.5. The van der Waals surface area contributed by atoms with Crippen molar-refractivity contribution < 1.29 is 9.53 Å². The molecular formula is C12H16N4O2. The minimum absolute atomic E-state index is 0.338. The second kappa shape index (κ2) is 4.53. The molecule has 96 valence electrons. The van der Waals surface area contributed by atoms with Gasteiger partial charge in [-0.3, -0.25) is 14.8 Å². The van der Waals surface area contributed by atoms with E-state index in [9.17, 15) is 4.79 Å². The monoisotopic (exact) mass is 248 g/mol. The van der Waals surface area contributed by atoms with E-state index in [4.69, 9.17) is 4.74 Å². The fraction of sp³-hybridized carbons (Fsp3) is 0.583. The zero-order valence-corrected chi connectivity index (χ0v) is 10.4. The lowest BCUT2D eigenvalue weighted by Gasteiger charge is -2.19. The Hall–Kier alpha value is -1.69. The fourth-order valence-corrected chi connectivity index (χ4v) is 2.53. The molecule has 0 N–H and O–H groups in total. The van der Waals surface area contributed by atoms with Crippen LogP contribution in [0.25, 0.3) is 0 Å². The highest BCUT2D eigenvalue weighted by Gasteiger charge is 2.27. The highest BCUT2D eigenvalue weighted by molar-refractivity contribution is 5.87. The smallest absolute Gasteiger partial charge is 0.415 e. The third kappa shape index (κ3) is 1.92. The molecule has 1 aromatic heterocycles. The van der Waals surface area contributed by atoms with Crippen molar-refractivity contribution in [3.05, 3.63) is 18.1 Å². The minimum atomic E-state index is -0.338. The van der Waals surface area contributed by atoms with E-state index in [1.165, 1.54) is 11.3 Å². The lowest BCUT2D eigenvalue weighted by molar-refractivity contribution is 0.181. The Kier molecular flexibility index (Phi) is 2.87. The average Bonchev–Trinajstić information content (AvgIpc) is 2.98. The highest BCUT2D eigenvalue weighted by atomic mass is 16.6. The summed E-state index contributed by atoms with van der Waals surface area (Å²) < 4.78 is 4.88. The van der Waals surface area contributed by atoms with Gasteiger partial charge in [-0.2, -0.15) is 0 Å². The second-order valence-electron chi connectivity index (χ2n) is 4.70. The molecule has 6 nitrogen and oxygen atoms in total. The van der Waals surface area contributed by atoms with Gasteiger partial charge in [-0.25, -0.2) is 9.78 Å². The van der Waals surface area contributed by atoms with Crippen molar-refractivity contribution in [2.24, 2.45) is 0 Å². The van der Waals surface area contributed by atoms with Crippen LogP contribution in [0.4, 0.5) is 10.6 Å². The van der Waals surface area contributed by atoms with Crippen molar-refractivity contribution in [3.8, 4) is 0 Å². The Morgan fingerprint density at radius 1 is 1.33 bits per heavy atom. The summed E-state index contributed by atoms with van der Waals surface area (Å²) in [6.07, 6.45) is 5.41. The zero-order valence-electron chi connectivity index (χ0n) is 10.4. The van der Waals surface area contributed by atoms with E-state index in [1.54, 1.807) is 12.4 Å². The summed E-state index contributed by atoms with van der Waals surface area (Å²) in [7, 11) is 2.10. The van der Waals surface area contributed by atoms with Gasteiger partial charge in [-0.05, 0) is 26.4 Å². The van der Waals surface area contributed by atoms with Crippen molar-refractivity contribution in [2.45, 2.75) is 18.9 Å². The van der Waals surface area contributed by atoms with E-state index in [1.807, 2.05) is 0 Å². The van der Waals surface area contributed by atoms with Crippen LogP contribution in [0.5, 0.6) is 0 Å². The number of anilines is 1. The number of carbonyl (C=O) groups excluding carboxylic acids is 1. The average molecular weight is 248 g/mol. The van der Waals surface area contributed by atoms with E-state index in [0.717, 1.165) is 18.7 Å². The van der Waals surface area contributed by atoms with Crippen LogP contribution in [0.3, 0.4) is 0 Å². The molecule has 0 aromatic carbocycles. The second-order valence-corrected chi connectivity index (χ2v) is 4.70. The lowest BCUT2D eigenvalue weighted by Crippen LogP contribution is -2.25. The molecule has 0 saturated carbocycles. The molecule has 0 spiro atoms. The predicted molar refractivity (Wildman–Crippen MR) is 65.3 cm³/mol. The number of hydrogen-bond donors (Lipinski definition) is 0. The van der Waals surface area contributed by atoms with Crippen LogP contribution < -0.4 is 4.90 Å². The molecule has 1 aromatic rings. The molecule has 2 aliphatic heterocycles. The Labute approximate surface area is 106 Å². The van der Waals surface area contributed by atoms with E-state index in [2.05, 4.69) is 21.9 Å². The molecule has 18 heavy (non-hydrogen) atoms. The predicted octanol–water partition coefficient (Wildman–Crippen LogP) is 1.20. The van der Waals surface area contributed by atoms with Gasteiger partial charge >= 0.3 is 6.09 Å². The topological polar surface area (TPSA) is 58.6 Å². The summed E-state index contributed by atoms with van der Waals surface area (Å²) in [6, 6.07) is 0.358. The standard InChI is InChI=1S/C12H16N4O2/c1-15-4-2-3-10(15)9-7-14-11(8-13-9)16-5-6-18-12(16)17/h7-8,10H,2-6H2,1H3/t10-/m0/s1. The van der Waals surface area contributed by atoms with Crippen LogP contribution in [0.15, 0.2) is 12.4 Å². The number of likely N-dealkylation sites (tertiary alicyclic amines) is 1. The maximum absolute atomic E-state index is 11.4. The normalized spacial score (nSPS) is 24.6. The van der Waals surface area contributed by atoms with Crippen LogP contribution in [0, 0.1) is 0 Å². The van der Waals surface area contributed by atoms with Crippen LogP contribution in [0.1, 0.15) is 24.6 Å². The van der Waals surface area contributed by atoms with Gasteiger partial charge in [0, 0.05) is 0 Å². The molecule has 3 heterocycles. The number of rotatable bonds is 2. The fourth-order valence-electron chi connectivity index (χ4n) is 2.53. The van der Waals surface area contributed by atoms with Crippen molar-refractivity contribution in [1.82, 2.24) is 14.9 Å². The van der Waals surface area contributed by atoms with Gasteiger partial charge in [0.1, 0.15) is 6.61 Å². The number of amides is 1. The molecule has 2 aliphatic rings. The van der Waals surface area contributed by atoms with Crippen molar-refractivity contribution in [1.29, 1.82) is 0 Å². The first-order valence-corrected chi connectivity index (χ1v) is 6.22. The number of nitrogens with zero attached hydrogens (tertiary/aromatic N) is 4. The van der Waals surface area contributed by atoms with E-state index >= 15 is 0 Å². The molecule has 1 amide bonds. The van der Waals surface area contributed by atoms with Gasteiger partial charge in [0.25, 0.3) is 0 Å². The lowest BCUT2D eigenvalue weighted by atomic mass is 10.1. The van der Waals surface area contributed by atoms with Gasteiger partial charge in [0.05, 0.1) is 30.7 Å².